The highest BCUT2D eigenvalue weighted by Crippen LogP contribution is 2.27. The number of ether oxygens (including phenoxy) is 1. The van der Waals surface area contributed by atoms with Crippen molar-refractivity contribution < 1.29 is 13.9 Å². The predicted molar refractivity (Wildman–Crippen MR) is 102 cm³/mol. The van der Waals surface area contributed by atoms with Crippen LogP contribution in [0.15, 0.2) is 60.0 Å². The van der Waals surface area contributed by atoms with Crippen molar-refractivity contribution in [3.05, 3.63) is 86.8 Å². The van der Waals surface area contributed by atoms with Crippen LogP contribution in [0, 0.1) is 17.1 Å². The summed E-state index contributed by atoms with van der Waals surface area (Å²) in [5.74, 6) is -0.368. The first-order chi connectivity index (χ1) is 13.1. The number of thiophene rings is 1. The van der Waals surface area contributed by atoms with Crippen LogP contribution in [-0.4, -0.2) is 12.5 Å². The molecule has 0 saturated carbocycles. The zero-order valence-electron chi connectivity index (χ0n) is 14.0. The van der Waals surface area contributed by atoms with E-state index in [9.17, 15) is 9.18 Å². The quantitative estimate of drug-likeness (QED) is 0.652. The number of nitrogens with zero attached hydrogens (tertiary/aromatic N) is 1. The van der Waals surface area contributed by atoms with Gasteiger partial charge in [-0.1, -0.05) is 29.8 Å². The maximum atomic E-state index is 13.2. The Balaban J connectivity index is 1.70. The SMILES string of the molecule is N#Cc1ccc(OCC(=O)N[C@H](c2ccc(F)cc2)c2cccs2)c(Cl)c1. The van der Waals surface area contributed by atoms with Gasteiger partial charge in [-0.3, -0.25) is 4.79 Å². The van der Waals surface area contributed by atoms with Gasteiger partial charge in [0.2, 0.25) is 0 Å². The van der Waals surface area contributed by atoms with Gasteiger partial charge in [-0.25, -0.2) is 4.39 Å². The van der Waals surface area contributed by atoms with E-state index < -0.39 is 6.04 Å². The van der Waals surface area contributed by atoms with Crippen molar-refractivity contribution in [3.63, 3.8) is 0 Å². The molecule has 27 heavy (non-hydrogen) atoms. The van der Waals surface area contributed by atoms with Crippen molar-refractivity contribution in [3.8, 4) is 11.8 Å². The molecule has 0 aliphatic carbocycles. The third-order valence-electron chi connectivity index (χ3n) is 3.76. The Morgan fingerprint density at radius 3 is 2.67 bits per heavy atom. The van der Waals surface area contributed by atoms with E-state index in [0.29, 0.717) is 11.3 Å². The number of halogens is 2. The molecule has 7 heteroatoms. The molecule has 0 unspecified atom stereocenters. The topological polar surface area (TPSA) is 62.1 Å². The van der Waals surface area contributed by atoms with Crippen LogP contribution in [0.25, 0.3) is 0 Å². The van der Waals surface area contributed by atoms with E-state index in [-0.39, 0.29) is 23.4 Å². The van der Waals surface area contributed by atoms with Crippen LogP contribution < -0.4 is 10.1 Å². The van der Waals surface area contributed by atoms with E-state index in [1.165, 1.54) is 29.5 Å². The summed E-state index contributed by atoms with van der Waals surface area (Å²) in [4.78, 5) is 13.3. The Morgan fingerprint density at radius 2 is 2.04 bits per heavy atom. The number of amides is 1. The van der Waals surface area contributed by atoms with Gasteiger partial charge in [-0.05, 0) is 47.3 Å². The van der Waals surface area contributed by atoms with Gasteiger partial charge in [0.15, 0.2) is 6.61 Å². The van der Waals surface area contributed by atoms with Crippen molar-refractivity contribution in [1.82, 2.24) is 5.32 Å². The van der Waals surface area contributed by atoms with E-state index in [2.05, 4.69) is 5.32 Å². The number of carbonyl (C=O) groups excluding carboxylic acids is 1. The smallest absolute Gasteiger partial charge is 0.258 e. The number of hydrogen-bond donors (Lipinski definition) is 1. The highest BCUT2D eigenvalue weighted by molar-refractivity contribution is 7.10. The van der Waals surface area contributed by atoms with E-state index in [4.69, 9.17) is 21.6 Å². The first kappa shape index (κ1) is 18.9. The van der Waals surface area contributed by atoms with E-state index in [1.54, 1.807) is 24.3 Å². The highest BCUT2D eigenvalue weighted by atomic mass is 35.5. The van der Waals surface area contributed by atoms with Crippen molar-refractivity contribution in [2.45, 2.75) is 6.04 Å². The number of benzene rings is 2. The van der Waals surface area contributed by atoms with Crippen molar-refractivity contribution in [1.29, 1.82) is 5.26 Å². The van der Waals surface area contributed by atoms with E-state index in [0.717, 1.165) is 10.4 Å². The minimum Gasteiger partial charge on any atom is -0.482 e. The molecule has 1 amide bonds. The Hall–Kier alpha value is -2.88. The van der Waals surface area contributed by atoms with Gasteiger partial charge in [-0.2, -0.15) is 5.26 Å². The predicted octanol–water partition coefficient (Wildman–Crippen LogP) is 4.70. The molecule has 0 aliphatic heterocycles. The third kappa shape index (κ3) is 4.85. The zero-order valence-corrected chi connectivity index (χ0v) is 15.6. The highest BCUT2D eigenvalue weighted by Gasteiger charge is 2.18. The minimum absolute atomic E-state index is 0.241. The molecule has 0 fully saturated rings. The molecule has 3 aromatic rings. The van der Waals surface area contributed by atoms with Crippen LogP contribution in [-0.2, 0) is 4.79 Å². The summed E-state index contributed by atoms with van der Waals surface area (Å²) >= 11 is 7.54. The molecule has 4 nitrogen and oxygen atoms in total. The summed E-state index contributed by atoms with van der Waals surface area (Å²) < 4.78 is 18.7. The molecule has 0 spiro atoms. The van der Waals surface area contributed by atoms with Gasteiger partial charge in [0.25, 0.3) is 5.91 Å². The molecule has 1 heterocycles. The molecule has 1 aromatic heterocycles. The molecule has 0 aliphatic rings. The average molecular weight is 401 g/mol. The fraction of sp³-hybridized carbons (Fsp3) is 0.100. The van der Waals surface area contributed by atoms with Gasteiger partial charge < -0.3 is 10.1 Å². The fourth-order valence-corrected chi connectivity index (χ4v) is 3.50. The number of nitriles is 1. The molecular formula is C20H14ClFN2O2S. The summed E-state index contributed by atoms with van der Waals surface area (Å²) in [5, 5.41) is 13.9. The second-order valence-corrected chi connectivity index (χ2v) is 7.00. The Bertz CT molecular complexity index is 969. The Morgan fingerprint density at radius 1 is 1.26 bits per heavy atom. The lowest BCUT2D eigenvalue weighted by molar-refractivity contribution is -0.123. The summed E-state index contributed by atoms with van der Waals surface area (Å²) in [7, 11) is 0. The molecular weight excluding hydrogens is 387 g/mol. The van der Waals surface area contributed by atoms with Crippen LogP contribution >= 0.6 is 22.9 Å². The van der Waals surface area contributed by atoms with Crippen molar-refractivity contribution in [2.75, 3.05) is 6.61 Å². The molecule has 0 bridgehead atoms. The lowest BCUT2D eigenvalue weighted by atomic mass is 10.1. The van der Waals surface area contributed by atoms with E-state index in [1.807, 2.05) is 23.6 Å². The molecule has 136 valence electrons. The van der Waals surface area contributed by atoms with Crippen LogP contribution in [0.3, 0.4) is 0 Å². The van der Waals surface area contributed by atoms with Gasteiger partial charge in [0, 0.05) is 4.88 Å². The first-order valence-electron chi connectivity index (χ1n) is 7.97. The minimum atomic E-state index is -0.405. The lowest BCUT2D eigenvalue weighted by Crippen LogP contribution is -2.33. The Kier molecular flexibility index (Phi) is 6.07. The standard InChI is InChI=1S/C20H14ClFN2O2S/c21-16-10-13(11-23)3-8-17(16)26-12-19(25)24-20(18-2-1-9-27-18)14-4-6-15(22)7-5-14/h1-10,20H,12H2,(H,24,25)/t20-/m1/s1. The summed E-state index contributed by atoms with van der Waals surface area (Å²) in [6, 6.07) is 15.9. The largest absolute Gasteiger partial charge is 0.482 e. The number of hydrogen-bond acceptors (Lipinski definition) is 4. The van der Waals surface area contributed by atoms with Crippen LogP contribution in [0.2, 0.25) is 5.02 Å². The second kappa shape index (κ2) is 8.67. The maximum Gasteiger partial charge on any atom is 0.258 e. The fourth-order valence-electron chi connectivity index (χ4n) is 2.46. The van der Waals surface area contributed by atoms with Gasteiger partial charge in [0.05, 0.1) is 22.7 Å². The molecule has 1 N–H and O–H groups in total. The number of nitrogens with one attached hydrogen (secondary N) is 1. The summed E-state index contributed by atoms with van der Waals surface area (Å²) in [6.45, 7) is -0.241. The van der Waals surface area contributed by atoms with Gasteiger partial charge in [-0.15, -0.1) is 11.3 Å². The molecule has 1 atom stereocenters. The number of rotatable bonds is 6. The van der Waals surface area contributed by atoms with Crippen molar-refractivity contribution in [2.24, 2.45) is 0 Å². The lowest BCUT2D eigenvalue weighted by Gasteiger charge is -2.18. The molecule has 0 saturated heterocycles. The summed E-state index contributed by atoms with van der Waals surface area (Å²) in [6.07, 6.45) is 0. The average Bonchev–Trinajstić information content (AvgIpc) is 3.20. The van der Waals surface area contributed by atoms with Crippen LogP contribution in [0.5, 0.6) is 5.75 Å². The van der Waals surface area contributed by atoms with E-state index >= 15 is 0 Å². The Labute approximate surface area is 164 Å². The zero-order chi connectivity index (χ0) is 19.2. The van der Waals surface area contributed by atoms with Crippen molar-refractivity contribution >= 4 is 28.8 Å². The van der Waals surface area contributed by atoms with Crippen LogP contribution in [0.4, 0.5) is 4.39 Å². The second-order valence-electron chi connectivity index (χ2n) is 5.61. The molecule has 3 rings (SSSR count). The van der Waals surface area contributed by atoms with Gasteiger partial charge >= 0.3 is 0 Å². The third-order valence-corrected chi connectivity index (χ3v) is 4.99. The van der Waals surface area contributed by atoms with Crippen LogP contribution in [0.1, 0.15) is 22.0 Å². The first-order valence-corrected chi connectivity index (χ1v) is 9.23. The molecule has 2 aromatic carbocycles. The molecule has 0 radical (unpaired) electrons. The number of carbonyl (C=O) groups is 1. The summed E-state index contributed by atoms with van der Waals surface area (Å²) in [5.41, 5.74) is 1.18. The maximum absolute atomic E-state index is 13.2. The normalized spacial score (nSPS) is 11.4. The van der Waals surface area contributed by atoms with Gasteiger partial charge in [0.1, 0.15) is 11.6 Å². The monoisotopic (exact) mass is 400 g/mol.